The lowest BCUT2D eigenvalue weighted by atomic mass is 9.87. The van der Waals surface area contributed by atoms with Gasteiger partial charge in [0, 0.05) is 49.4 Å². The average molecular weight is 494 g/mol. The molecule has 35 heavy (non-hydrogen) atoms. The highest BCUT2D eigenvalue weighted by Crippen LogP contribution is 2.39. The van der Waals surface area contributed by atoms with Crippen molar-refractivity contribution in [1.82, 2.24) is 10.2 Å². The molecule has 1 saturated heterocycles. The first-order chi connectivity index (χ1) is 16.3. The number of carboxylic acid groups (broad SMARTS) is 1. The van der Waals surface area contributed by atoms with Crippen LogP contribution in [0, 0.1) is 26.7 Å². The molecule has 11 heteroatoms. The zero-order chi connectivity index (χ0) is 26.7. The maximum absolute atomic E-state index is 13.9. The largest absolute Gasteiger partial charge is 0.481 e. The predicted molar refractivity (Wildman–Crippen MR) is 127 cm³/mol. The number of carboxylic acids is 1. The summed E-state index contributed by atoms with van der Waals surface area (Å²) < 4.78 is 0. The fourth-order valence-electron chi connectivity index (χ4n) is 4.96. The minimum atomic E-state index is -1.17. The third-order valence-corrected chi connectivity index (χ3v) is 6.56. The number of carbonyl (C=O) groups excluding carboxylic acids is 3. The Morgan fingerprint density at radius 1 is 1.09 bits per heavy atom. The molecule has 0 bridgehead atoms. The minimum Gasteiger partial charge on any atom is -0.481 e. The van der Waals surface area contributed by atoms with E-state index in [9.17, 15) is 34.5 Å². The smallest absolute Gasteiger partial charge is 0.305 e. The van der Waals surface area contributed by atoms with E-state index in [0.29, 0.717) is 23.1 Å². The Bertz CT molecular complexity index is 1020. The number of aliphatic hydroxyl groups is 3. The Hall–Kier alpha value is -3.02. The molecule has 194 valence electrons. The van der Waals surface area contributed by atoms with Gasteiger partial charge in [0.2, 0.25) is 5.91 Å². The molecular formula is C24H35N3O8. The van der Waals surface area contributed by atoms with Gasteiger partial charge in [0.1, 0.15) is 0 Å². The molecule has 0 aliphatic carbocycles. The molecule has 2 rings (SSSR count). The highest BCUT2D eigenvalue weighted by molar-refractivity contribution is 6.08. The normalized spacial score (nSPS) is 20.5. The summed E-state index contributed by atoms with van der Waals surface area (Å²) in [4.78, 5) is 51.9. The zero-order valence-electron chi connectivity index (χ0n) is 20.8. The first-order valence-electron chi connectivity index (χ1n) is 11.4. The number of likely N-dealkylation sites (tertiary alicyclic amines) is 1. The van der Waals surface area contributed by atoms with Gasteiger partial charge >= 0.3 is 5.97 Å². The van der Waals surface area contributed by atoms with E-state index in [2.05, 4.69) is 10.6 Å². The van der Waals surface area contributed by atoms with Gasteiger partial charge in [0.05, 0.1) is 24.7 Å². The van der Waals surface area contributed by atoms with E-state index in [1.807, 2.05) is 0 Å². The van der Waals surface area contributed by atoms with Crippen molar-refractivity contribution in [1.29, 1.82) is 0 Å². The first kappa shape index (κ1) is 28.2. The molecule has 1 fully saturated rings. The summed E-state index contributed by atoms with van der Waals surface area (Å²) in [6.07, 6.45) is -1.18. The van der Waals surface area contributed by atoms with E-state index in [1.54, 1.807) is 27.7 Å². The minimum absolute atomic E-state index is 0.130. The van der Waals surface area contributed by atoms with Crippen LogP contribution >= 0.6 is 0 Å². The highest BCUT2D eigenvalue weighted by atomic mass is 16.4. The monoisotopic (exact) mass is 493 g/mol. The summed E-state index contributed by atoms with van der Waals surface area (Å²) in [6.45, 7) is 7.00. The zero-order valence-corrected chi connectivity index (χ0v) is 20.8. The number of nitrogens with zero attached hydrogens (tertiary/aromatic N) is 1. The molecule has 0 saturated carbocycles. The van der Waals surface area contributed by atoms with Crippen LogP contribution in [0.4, 0.5) is 5.69 Å². The van der Waals surface area contributed by atoms with E-state index in [4.69, 9.17) is 5.11 Å². The number of rotatable bonds is 9. The molecular weight excluding hydrogens is 458 g/mol. The summed E-state index contributed by atoms with van der Waals surface area (Å²) in [5, 5.41) is 43.0. The average Bonchev–Trinajstić information content (AvgIpc) is 3.10. The van der Waals surface area contributed by atoms with Crippen molar-refractivity contribution in [3.63, 3.8) is 0 Å². The van der Waals surface area contributed by atoms with Gasteiger partial charge in [-0.25, -0.2) is 0 Å². The van der Waals surface area contributed by atoms with E-state index in [-0.39, 0.29) is 48.8 Å². The Kier molecular flexibility index (Phi) is 8.99. The number of anilines is 1. The second kappa shape index (κ2) is 11.1. The Morgan fingerprint density at radius 3 is 2.20 bits per heavy atom. The van der Waals surface area contributed by atoms with Gasteiger partial charge in [-0.2, -0.15) is 0 Å². The SMILES string of the molecule is CC(=O)Nc1c(C)c(C(=O)NCC(O)CO)c(C)c(C(=O)N2CC(CO)CC2(C)CC(=O)O)c1C. The fraction of sp³-hybridized carbons (Fsp3) is 0.583. The Balaban J connectivity index is 2.67. The van der Waals surface area contributed by atoms with Crippen LogP contribution in [0.5, 0.6) is 0 Å². The van der Waals surface area contributed by atoms with E-state index in [0.717, 1.165) is 0 Å². The summed E-state index contributed by atoms with van der Waals surface area (Å²) in [7, 11) is 0. The molecule has 1 aromatic rings. The van der Waals surface area contributed by atoms with Crippen molar-refractivity contribution in [3.8, 4) is 0 Å². The molecule has 6 N–H and O–H groups in total. The number of aliphatic hydroxyl groups excluding tert-OH is 3. The van der Waals surface area contributed by atoms with Crippen molar-refractivity contribution in [2.75, 3.05) is 31.6 Å². The molecule has 11 nitrogen and oxygen atoms in total. The molecule has 3 atom stereocenters. The van der Waals surface area contributed by atoms with Crippen LogP contribution in [-0.4, -0.2) is 87.0 Å². The lowest BCUT2D eigenvalue weighted by Gasteiger charge is -2.35. The molecule has 1 aliphatic heterocycles. The molecule has 0 radical (unpaired) electrons. The lowest BCUT2D eigenvalue weighted by Crippen LogP contribution is -2.47. The maximum atomic E-state index is 13.9. The van der Waals surface area contributed by atoms with E-state index < -0.39 is 41.9 Å². The van der Waals surface area contributed by atoms with Gasteiger partial charge in [-0.1, -0.05) is 0 Å². The molecule has 3 amide bonds. The number of nitrogens with one attached hydrogen (secondary N) is 2. The summed E-state index contributed by atoms with van der Waals surface area (Å²) >= 11 is 0. The number of amides is 3. The van der Waals surface area contributed by atoms with Crippen LogP contribution in [0.2, 0.25) is 0 Å². The van der Waals surface area contributed by atoms with Crippen LogP contribution in [-0.2, 0) is 9.59 Å². The van der Waals surface area contributed by atoms with Gasteiger partial charge in [0.15, 0.2) is 0 Å². The molecule has 3 unspecified atom stereocenters. The summed E-state index contributed by atoms with van der Waals surface area (Å²) in [5.74, 6) is -2.89. The van der Waals surface area contributed by atoms with Gasteiger partial charge < -0.3 is 36.0 Å². The van der Waals surface area contributed by atoms with Crippen molar-refractivity contribution < 1.29 is 39.6 Å². The van der Waals surface area contributed by atoms with Crippen LogP contribution in [0.3, 0.4) is 0 Å². The number of benzene rings is 1. The number of aliphatic carboxylic acids is 1. The third-order valence-electron chi connectivity index (χ3n) is 6.56. The number of carbonyl (C=O) groups is 4. The Labute approximate surface area is 204 Å². The first-order valence-corrected chi connectivity index (χ1v) is 11.4. The van der Waals surface area contributed by atoms with Crippen molar-refractivity contribution in [2.24, 2.45) is 5.92 Å². The third kappa shape index (κ3) is 5.98. The van der Waals surface area contributed by atoms with E-state index >= 15 is 0 Å². The summed E-state index contributed by atoms with van der Waals surface area (Å²) in [6, 6.07) is 0. The van der Waals surface area contributed by atoms with Crippen LogP contribution < -0.4 is 10.6 Å². The van der Waals surface area contributed by atoms with Gasteiger partial charge in [-0.05, 0) is 50.8 Å². The van der Waals surface area contributed by atoms with Crippen LogP contribution in [0.15, 0.2) is 0 Å². The van der Waals surface area contributed by atoms with Crippen LogP contribution in [0.1, 0.15) is 64.1 Å². The van der Waals surface area contributed by atoms with Gasteiger partial charge in [0.25, 0.3) is 11.8 Å². The Morgan fingerprint density at radius 2 is 1.69 bits per heavy atom. The number of hydrogen-bond acceptors (Lipinski definition) is 7. The number of hydrogen-bond donors (Lipinski definition) is 6. The van der Waals surface area contributed by atoms with Gasteiger partial charge in [-0.3, -0.25) is 19.2 Å². The van der Waals surface area contributed by atoms with Crippen molar-refractivity contribution in [2.45, 2.75) is 59.1 Å². The summed E-state index contributed by atoms with van der Waals surface area (Å²) in [5.41, 5.74) is 0.704. The van der Waals surface area contributed by atoms with Crippen molar-refractivity contribution >= 4 is 29.4 Å². The maximum Gasteiger partial charge on any atom is 0.305 e. The van der Waals surface area contributed by atoms with Crippen molar-refractivity contribution in [3.05, 3.63) is 27.8 Å². The fourth-order valence-corrected chi connectivity index (χ4v) is 4.96. The molecule has 1 aromatic carbocycles. The highest BCUT2D eigenvalue weighted by Gasteiger charge is 2.46. The van der Waals surface area contributed by atoms with Crippen LogP contribution in [0.25, 0.3) is 0 Å². The second-order valence-corrected chi connectivity index (χ2v) is 9.46. The predicted octanol–water partition coefficient (Wildman–Crippen LogP) is 0.341. The molecule has 0 spiro atoms. The van der Waals surface area contributed by atoms with Gasteiger partial charge in [-0.15, -0.1) is 0 Å². The standard InChI is InChI=1S/C24H35N3O8/c1-12-19(22(34)25-8-17(31)11-29)13(2)21(26-15(4)30)14(3)20(12)23(35)27-9-16(10-28)6-24(27,5)7-18(32)33/h16-17,28-29,31H,6-11H2,1-5H3,(H,25,34)(H,26,30)(H,32,33). The van der Waals surface area contributed by atoms with E-state index in [1.165, 1.54) is 11.8 Å². The quantitative estimate of drug-likeness (QED) is 0.285. The second-order valence-electron chi connectivity index (χ2n) is 9.46. The molecule has 1 aliphatic rings. The topological polar surface area (TPSA) is 176 Å². The molecule has 1 heterocycles. The molecule has 0 aromatic heterocycles. The lowest BCUT2D eigenvalue weighted by molar-refractivity contribution is -0.139.